The van der Waals surface area contributed by atoms with E-state index in [4.69, 9.17) is 4.42 Å². The molecule has 1 atom stereocenters. The summed E-state index contributed by atoms with van der Waals surface area (Å²) in [6.45, 7) is 2.60. The van der Waals surface area contributed by atoms with Gasteiger partial charge in [0.25, 0.3) is 0 Å². The zero-order chi connectivity index (χ0) is 16.2. The van der Waals surface area contributed by atoms with Crippen molar-refractivity contribution in [1.29, 1.82) is 0 Å². The van der Waals surface area contributed by atoms with Crippen molar-refractivity contribution in [2.45, 2.75) is 23.9 Å². The van der Waals surface area contributed by atoms with Gasteiger partial charge in [0.1, 0.15) is 5.76 Å². The summed E-state index contributed by atoms with van der Waals surface area (Å²) in [4.78, 5) is 12.6. The molecular formula is C14H14N4O3S2. The van der Waals surface area contributed by atoms with Gasteiger partial charge in [-0.05, 0) is 40.9 Å². The van der Waals surface area contributed by atoms with Crippen molar-refractivity contribution in [2.75, 3.05) is 7.11 Å². The number of methoxy groups -OCH3 is 1. The molecule has 3 rings (SSSR count). The first-order valence-electron chi connectivity index (χ1n) is 6.80. The lowest BCUT2D eigenvalue weighted by molar-refractivity contribution is 0.0563. The molecule has 9 heteroatoms. The van der Waals surface area contributed by atoms with E-state index < -0.39 is 5.97 Å². The van der Waals surface area contributed by atoms with E-state index in [2.05, 4.69) is 20.3 Å². The number of carbonyl (C=O) groups excluding carboxylic acids is 1. The van der Waals surface area contributed by atoms with E-state index in [9.17, 15) is 4.79 Å². The molecule has 0 spiro atoms. The second kappa shape index (κ2) is 6.97. The maximum Gasteiger partial charge on any atom is 0.373 e. The Morgan fingerprint density at radius 2 is 2.35 bits per heavy atom. The van der Waals surface area contributed by atoms with Crippen molar-refractivity contribution in [2.24, 2.45) is 0 Å². The SMILES string of the molecule is COC(=O)c1ccc(C(C)Sc2nnnn2Cc2cccs2)o1. The zero-order valence-corrected chi connectivity index (χ0v) is 14.1. The zero-order valence-electron chi connectivity index (χ0n) is 12.5. The van der Waals surface area contributed by atoms with Gasteiger partial charge < -0.3 is 9.15 Å². The van der Waals surface area contributed by atoms with Crippen molar-refractivity contribution in [1.82, 2.24) is 20.2 Å². The topological polar surface area (TPSA) is 83.0 Å². The van der Waals surface area contributed by atoms with Crippen LogP contribution in [0.15, 0.2) is 39.2 Å². The van der Waals surface area contributed by atoms with Crippen LogP contribution in [0.3, 0.4) is 0 Å². The van der Waals surface area contributed by atoms with Gasteiger partial charge in [0.2, 0.25) is 10.9 Å². The number of hydrogen-bond donors (Lipinski definition) is 0. The minimum atomic E-state index is -0.490. The quantitative estimate of drug-likeness (QED) is 0.499. The van der Waals surface area contributed by atoms with E-state index in [0.717, 1.165) is 0 Å². The Bertz CT molecular complexity index is 782. The van der Waals surface area contributed by atoms with Crippen LogP contribution in [-0.2, 0) is 11.3 Å². The lowest BCUT2D eigenvalue weighted by Gasteiger charge is -2.08. The van der Waals surface area contributed by atoms with Crippen LogP contribution >= 0.6 is 23.1 Å². The van der Waals surface area contributed by atoms with E-state index in [-0.39, 0.29) is 11.0 Å². The predicted molar refractivity (Wildman–Crippen MR) is 85.6 cm³/mol. The second-order valence-corrected chi connectivity index (χ2v) is 6.99. The number of esters is 1. The molecule has 0 fully saturated rings. The summed E-state index contributed by atoms with van der Waals surface area (Å²) in [6, 6.07) is 7.40. The third kappa shape index (κ3) is 3.62. The summed E-state index contributed by atoms with van der Waals surface area (Å²) in [7, 11) is 1.32. The highest BCUT2D eigenvalue weighted by atomic mass is 32.2. The van der Waals surface area contributed by atoms with Gasteiger partial charge in [-0.15, -0.1) is 16.4 Å². The molecule has 0 saturated heterocycles. The molecule has 0 bridgehead atoms. The molecule has 0 N–H and O–H groups in total. The first-order valence-corrected chi connectivity index (χ1v) is 8.56. The molecule has 0 aliphatic carbocycles. The maximum atomic E-state index is 11.4. The average molecular weight is 350 g/mol. The van der Waals surface area contributed by atoms with Crippen LogP contribution in [0.1, 0.15) is 33.4 Å². The Morgan fingerprint density at radius 3 is 3.09 bits per heavy atom. The van der Waals surface area contributed by atoms with Gasteiger partial charge in [0.15, 0.2) is 0 Å². The Hall–Kier alpha value is -2.13. The molecular weight excluding hydrogens is 336 g/mol. The van der Waals surface area contributed by atoms with Crippen LogP contribution < -0.4 is 0 Å². The molecule has 23 heavy (non-hydrogen) atoms. The predicted octanol–water partition coefficient (Wildman–Crippen LogP) is 3.02. The van der Waals surface area contributed by atoms with E-state index >= 15 is 0 Å². The van der Waals surface area contributed by atoms with Gasteiger partial charge in [0, 0.05) is 4.88 Å². The van der Waals surface area contributed by atoms with E-state index in [0.29, 0.717) is 17.5 Å². The summed E-state index contributed by atoms with van der Waals surface area (Å²) >= 11 is 3.13. The Morgan fingerprint density at radius 1 is 1.48 bits per heavy atom. The lowest BCUT2D eigenvalue weighted by atomic mass is 10.3. The van der Waals surface area contributed by atoms with Crippen molar-refractivity contribution in [3.05, 3.63) is 46.0 Å². The second-order valence-electron chi connectivity index (χ2n) is 4.65. The van der Waals surface area contributed by atoms with Gasteiger partial charge in [-0.2, -0.15) is 0 Å². The average Bonchev–Trinajstić information content (AvgIpc) is 3.28. The Balaban J connectivity index is 1.71. The van der Waals surface area contributed by atoms with Gasteiger partial charge in [-0.3, -0.25) is 0 Å². The number of furan rings is 1. The molecule has 120 valence electrons. The van der Waals surface area contributed by atoms with Crippen LogP contribution in [0.4, 0.5) is 0 Å². The molecule has 3 aromatic rings. The number of thiophene rings is 1. The monoisotopic (exact) mass is 350 g/mol. The number of nitrogens with zero attached hydrogens (tertiary/aromatic N) is 4. The fourth-order valence-electron chi connectivity index (χ4n) is 1.93. The highest BCUT2D eigenvalue weighted by Gasteiger charge is 2.19. The first-order chi connectivity index (χ1) is 11.2. The van der Waals surface area contributed by atoms with Crippen molar-refractivity contribution >= 4 is 29.1 Å². The Labute approximate surface area is 140 Å². The first kappa shape index (κ1) is 15.8. The smallest absolute Gasteiger partial charge is 0.373 e. The molecule has 7 nitrogen and oxygen atoms in total. The maximum absolute atomic E-state index is 11.4. The number of hydrogen-bond acceptors (Lipinski definition) is 8. The number of tetrazole rings is 1. The third-order valence-electron chi connectivity index (χ3n) is 3.08. The van der Waals surface area contributed by atoms with E-state index in [1.54, 1.807) is 28.2 Å². The largest absolute Gasteiger partial charge is 0.463 e. The minimum absolute atomic E-state index is 0.0403. The number of carbonyl (C=O) groups is 1. The van der Waals surface area contributed by atoms with Gasteiger partial charge in [0.05, 0.1) is 18.9 Å². The minimum Gasteiger partial charge on any atom is -0.463 e. The van der Waals surface area contributed by atoms with Gasteiger partial charge in [-0.1, -0.05) is 17.8 Å². The summed E-state index contributed by atoms with van der Waals surface area (Å²) in [6.07, 6.45) is 0. The fourth-order valence-corrected chi connectivity index (χ4v) is 3.48. The highest BCUT2D eigenvalue weighted by molar-refractivity contribution is 7.99. The van der Waals surface area contributed by atoms with Crippen LogP contribution in [0.2, 0.25) is 0 Å². The van der Waals surface area contributed by atoms with Crippen LogP contribution in [-0.4, -0.2) is 33.3 Å². The number of thioether (sulfide) groups is 1. The number of rotatable bonds is 6. The van der Waals surface area contributed by atoms with Crippen molar-refractivity contribution < 1.29 is 13.9 Å². The van der Waals surface area contributed by atoms with Crippen molar-refractivity contribution in [3.63, 3.8) is 0 Å². The summed E-state index contributed by atoms with van der Waals surface area (Å²) in [5.74, 6) is 0.366. The number of aromatic nitrogens is 4. The molecule has 1 unspecified atom stereocenters. The third-order valence-corrected chi connectivity index (χ3v) is 5.03. The summed E-state index contributed by atoms with van der Waals surface area (Å²) in [5, 5.41) is 14.5. The highest BCUT2D eigenvalue weighted by Crippen LogP contribution is 2.34. The Kier molecular flexibility index (Phi) is 4.77. The van der Waals surface area contributed by atoms with Gasteiger partial charge >= 0.3 is 5.97 Å². The normalized spacial score (nSPS) is 12.3. The fraction of sp³-hybridized carbons (Fsp3) is 0.286. The molecule has 3 heterocycles. The molecule has 0 aliphatic rings. The van der Waals surface area contributed by atoms with Crippen LogP contribution in [0.25, 0.3) is 0 Å². The molecule has 0 saturated carbocycles. The van der Waals surface area contributed by atoms with Gasteiger partial charge in [-0.25, -0.2) is 9.48 Å². The lowest BCUT2D eigenvalue weighted by Crippen LogP contribution is -2.03. The summed E-state index contributed by atoms with van der Waals surface area (Å²) < 4.78 is 11.9. The van der Waals surface area contributed by atoms with Crippen LogP contribution in [0.5, 0.6) is 0 Å². The summed E-state index contributed by atoms with van der Waals surface area (Å²) in [5.41, 5.74) is 0. The molecule has 0 radical (unpaired) electrons. The molecule has 0 aromatic carbocycles. The van der Waals surface area contributed by atoms with Crippen LogP contribution in [0, 0.1) is 0 Å². The molecule has 0 amide bonds. The van der Waals surface area contributed by atoms with E-state index in [1.165, 1.54) is 23.7 Å². The standard InChI is InChI=1S/C14H14N4O3S2/c1-9(11-5-6-12(21-11)13(19)20-2)23-14-15-16-17-18(14)8-10-4-3-7-22-10/h3-7,9H,8H2,1-2H3. The molecule has 0 aliphatic heterocycles. The van der Waals surface area contributed by atoms with Crippen molar-refractivity contribution in [3.8, 4) is 0 Å². The molecule has 3 aromatic heterocycles. The number of ether oxygens (including phenoxy) is 1. The van der Waals surface area contributed by atoms with E-state index in [1.807, 2.05) is 24.4 Å².